The summed E-state index contributed by atoms with van der Waals surface area (Å²) in [5.41, 5.74) is 8.91. The van der Waals surface area contributed by atoms with Gasteiger partial charge in [0.1, 0.15) is 0 Å². The fourth-order valence-electron chi connectivity index (χ4n) is 4.06. The van der Waals surface area contributed by atoms with Crippen molar-refractivity contribution in [3.05, 3.63) is 137 Å². The first-order valence-corrected chi connectivity index (χ1v) is 11.9. The first-order chi connectivity index (χ1) is 16.7. The average molecular weight is 457 g/mol. The van der Waals surface area contributed by atoms with Gasteiger partial charge in [-0.3, -0.25) is 0 Å². The van der Waals surface area contributed by atoms with Gasteiger partial charge in [0.2, 0.25) is 0 Å². The predicted molar refractivity (Wildman–Crippen MR) is 155 cm³/mol. The van der Waals surface area contributed by atoms with Crippen LogP contribution in [0.25, 0.3) is 5.57 Å². The van der Waals surface area contributed by atoms with Gasteiger partial charge in [-0.05, 0) is 79.2 Å². The largest absolute Gasteiger partial charge is 0.119 e. The molecule has 0 unspecified atom stereocenters. The lowest BCUT2D eigenvalue weighted by Crippen LogP contribution is -2.16. The smallest absolute Gasteiger partial charge is 0.0516 e. The Balaban J connectivity index is 2.90. The van der Waals surface area contributed by atoms with Crippen LogP contribution in [0.15, 0.2) is 114 Å². The second-order valence-corrected chi connectivity index (χ2v) is 8.99. The second-order valence-electron chi connectivity index (χ2n) is 8.99. The Bertz CT molecular complexity index is 1290. The standard InChI is InChI=1S/C35H36/c1-10-28(11-2)25-29(12-3)22-21-27(7)34(35(8,9)14-5)33(31-18-16-15-17-19-31)32-24-26(6)20-23-30(32)13-4/h1,5,11-12,15-25H,3,7,13H2,2,4,6,8-9H3/b22-21+,28-11-,29-25+,34-33-. The van der Waals surface area contributed by atoms with E-state index < -0.39 is 5.41 Å². The third-order valence-electron chi connectivity index (χ3n) is 6.05. The highest BCUT2D eigenvalue weighted by Crippen LogP contribution is 2.42. The maximum atomic E-state index is 6.12. The molecule has 0 aliphatic rings. The van der Waals surface area contributed by atoms with Gasteiger partial charge in [0, 0.05) is 5.57 Å². The van der Waals surface area contributed by atoms with E-state index >= 15 is 0 Å². The molecule has 0 fully saturated rings. The highest BCUT2D eigenvalue weighted by atomic mass is 14.3. The van der Waals surface area contributed by atoms with Crippen LogP contribution in [0.1, 0.15) is 49.9 Å². The van der Waals surface area contributed by atoms with Gasteiger partial charge in [-0.1, -0.05) is 110 Å². The molecule has 0 saturated heterocycles. The molecule has 0 aliphatic heterocycles. The van der Waals surface area contributed by atoms with E-state index in [0.717, 1.165) is 39.8 Å². The lowest BCUT2D eigenvalue weighted by atomic mass is 9.74. The van der Waals surface area contributed by atoms with Gasteiger partial charge >= 0.3 is 0 Å². The van der Waals surface area contributed by atoms with Crippen molar-refractivity contribution in [2.45, 2.75) is 41.0 Å². The monoisotopic (exact) mass is 456 g/mol. The molecule has 0 spiro atoms. The Kier molecular flexibility index (Phi) is 9.70. The Hall–Kier alpha value is -4.00. The summed E-state index contributed by atoms with van der Waals surface area (Å²) < 4.78 is 0. The third kappa shape index (κ3) is 6.76. The molecule has 0 aliphatic carbocycles. The highest BCUT2D eigenvalue weighted by molar-refractivity contribution is 5.88. The van der Waals surface area contributed by atoms with E-state index in [4.69, 9.17) is 12.8 Å². The van der Waals surface area contributed by atoms with Crippen molar-refractivity contribution in [1.29, 1.82) is 0 Å². The minimum Gasteiger partial charge on any atom is -0.119 e. The molecule has 2 aromatic rings. The van der Waals surface area contributed by atoms with Gasteiger partial charge in [0.15, 0.2) is 0 Å². The summed E-state index contributed by atoms with van der Waals surface area (Å²) in [5.74, 6) is 5.71. The van der Waals surface area contributed by atoms with Crippen molar-refractivity contribution in [3.8, 4) is 24.7 Å². The molecule has 35 heavy (non-hydrogen) atoms. The van der Waals surface area contributed by atoms with Crippen LogP contribution in [0.5, 0.6) is 0 Å². The summed E-state index contributed by atoms with van der Waals surface area (Å²) in [7, 11) is 0. The fraction of sp³-hybridized carbons (Fsp3) is 0.200. The second kappa shape index (κ2) is 12.5. The first-order valence-electron chi connectivity index (χ1n) is 11.9. The van der Waals surface area contributed by atoms with Crippen molar-refractivity contribution in [3.63, 3.8) is 0 Å². The number of hydrogen-bond acceptors (Lipinski definition) is 0. The number of aryl methyl sites for hydroxylation is 2. The molecule has 0 nitrogen and oxygen atoms in total. The van der Waals surface area contributed by atoms with Crippen LogP contribution in [0.3, 0.4) is 0 Å². The van der Waals surface area contributed by atoms with E-state index in [-0.39, 0.29) is 0 Å². The zero-order valence-corrected chi connectivity index (χ0v) is 21.8. The molecule has 0 heterocycles. The molecule has 0 amide bonds. The zero-order chi connectivity index (χ0) is 26.0. The van der Waals surface area contributed by atoms with Gasteiger partial charge in [0.05, 0.1) is 5.41 Å². The molecule has 2 rings (SSSR count). The van der Waals surface area contributed by atoms with Crippen molar-refractivity contribution in [2.75, 3.05) is 0 Å². The SMILES string of the molecule is C#CC(=C/C)/C=C(C=C)/C=C/C(=C)/C(=C(\c1ccccc1)c1cc(C)ccc1CC)C(C)(C)C#C. The van der Waals surface area contributed by atoms with E-state index in [1.54, 1.807) is 6.08 Å². The Morgan fingerprint density at radius 3 is 2.29 bits per heavy atom. The molecular weight excluding hydrogens is 420 g/mol. The van der Waals surface area contributed by atoms with Crippen LogP contribution >= 0.6 is 0 Å². The Morgan fingerprint density at radius 1 is 1.06 bits per heavy atom. The molecule has 2 aromatic carbocycles. The molecule has 0 atom stereocenters. The lowest BCUT2D eigenvalue weighted by Gasteiger charge is -2.28. The number of benzene rings is 2. The van der Waals surface area contributed by atoms with E-state index in [2.05, 4.69) is 95.2 Å². The minimum absolute atomic E-state index is 0.563. The van der Waals surface area contributed by atoms with Gasteiger partial charge in [-0.15, -0.1) is 12.8 Å². The quantitative estimate of drug-likeness (QED) is 0.261. The Labute approximate surface area is 213 Å². The zero-order valence-electron chi connectivity index (χ0n) is 21.8. The van der Waals surface area contributed by atoms with Crippen molar-refractivity contribution in [2.24, 2.45) is 5.41 Å². The van der Waals surface area contributed by atoms with Crippen molar-refractivity contribution < 1.29 is 0 Å². The molecule has 0 bridgehead atoms. The molecular formula is C35H36. The summed E-state index contributed by atoms with van der Waals surface area (Å²) in [6.45, 7) is 18.8. The van der Waals surface area contributed by atoms with Crippen LogP contribution in [-0.2, 0) is 6.42 Å². The highest BCUT2D eigenvalue weighted by Gasteiger charge is 2.28. The molecule has 0 aromatic heterocycles. The van der Waals surface area contributed by atoms with Crippen LogP contribution in [0.4, 0.5) is 0 Å². The maximum Gasteiger partial charge on any atom is 0.0516 e. The summed E-state index contributed by atoms with van der Waals surface area (Å²) in [5, 5.41) is 0. The minimum atomic E-state index is -0.563. The van der Waals surface area contributed by atoms with Crippen LogP contribution < -0.4 is 0 Å². The molecule has 0 heteroatoms. The Morgan fingerprint density at radius 2 is 1.74 bits per heavy atom. The van der Waals surface area contributed by atoms with Gasteiger partial charge in [0.25, 0.3) is 0 Å². The van der Waals surface area contributed by atoms with Gasteiger partial charge < -0.3 is 0 Å². The summed E-state index contributed by atoms with van der Waals surface area (Å²) in [4.78, 5) is 0. The fourth-order valence-corrected chi connectivity index (χ4v) is 4.06. The predicted octanol–water partition coefficient (Wildman–Crippen LogP) is 8.82. The summed E-state index contributed by atoms with van der Waals surface area (Å²) in [6.07, 6.45) is 22.3. The van der Waals surface area contributed by atoms with Crippen LogP contribution in [-0.4, -0.2) is 0 Å². The first kappa shape index (κ1) is 27.2. The number of rotatable bonds is 9. The molecule has 176 valence electrons. The van der Waals surface area contributed by atoms with Crippen LogP contribution in [0, 0.1) is 37.0 Å². The number of hydrogen-bond donors (Lipinski definition) is 0. The van der Waals surface area contributed by atoms with Crippen molar-refractivity contribution in [1.82, 2.24) is 0 Å². The maximum absolute atomic E-state index is 6.12. The molecule has 0 saturated carbocycles. The molecule has 0 N–H and O–H groups in total. The lowest BCUT2D eigenvalue weighted by molar-refractivity contribution is 0.620. The van der Waals surface area contributed by atoms with E-state index in [1.807, 2.05) is 37.3 Å². The summed E-state index contributed by atoms with van der Waals surface area (Å²) >= 11 is 0. The van der Waals surface area contributed by atoms with Gasteiger partial charge in [-0.2, -0.15) is 0 Å². The molecule has 0 radical (unpaired) electrons. The van der Waals surface area contributed by atoms with Gasteiger partial charge in [-0.25, -0.2) is 0 Å². The number of allylic oxidation sites excluding steroid dienone is 9. The average Bonchev–Trinajstić information content (AvgIpc) is 2.87. The normalized spacial score (nSPS) is 13.1. The van der Waals surface area contributed by atoms with Crippen LogP contribution in [0.2, 0.25) is 0 Å². The van der Waals surface area contributed by atoms with Crippen molar-refractivity contribution >= 4 is 5.57 Å². The third-order valence-corrected chi connectivity index (χ3v) is 6.05. The van der Waals surface area contributed by atoms with E-state index in [9.17, 15) is 0 Å². The van der Waals surface area contributed by atoms with E-state index in [0.29, 0.717) is 0 Å². The summed E-state index contributed by atoms with van der Waals surface area (Å²) in [6, 6.07) is 17.1. The van der Waals surface area contributed by atoms with E-state index in [1.165, 1.54) is 16.7 Å². The topological polar surface area (TPSA) is 0 Å². The number of terminal acetylenes is 2.